The molecule has 0 saturated heterocycles. The standard InChI is InChI=1S/C13H17ClFN3O2/c1-20-13(19)7-6-8(15)12(18-11(7)14)17-10-5-3-2-4-9(10)16/h6,9-10H,2-5,16H2,1H3,(H,17,18)/t9-,10+/m0/s1. The van der Waals surface area contributed by atoms with E-state index in [-0.39, 0.29) is 28.6 Å². The van der Waals surface area contributed by atoms with Gasteiger partial charge in [-0.05, 0) is 18.9 Å². The number of hydrogen-bond acceptors (Lipinski definition) is 5. The average Bonchev–Trinajstić information content (AvgIpc) is 2.44. The Bertz CT molecular complexity index is 513. The fraction of sp³-hybridized carbons (Fsp3) is 0.538. The van der Waals surface area contributed by atoms with Gasteiger partial charge < -0.3 is 15.8 Å². The summed E-state index contributed by atoms with van der Waals surface area (Å²) in [5.41, 5.74) is 5.90. The van der Waals surface area contributed by atoms with Crippen LogP contribution in [0.2, 0.25) is 5.15 Å². The van der Waals surface area contributed by atoms with Gasteiger partial charge in [-0.15, -0.1) is 0 Å². The lowest BCUT2D eigenvalue weighted by Crippen LogP contribution is -2.43. The summed E-state index contributed by atoms with van der Waals surface area (Å²) < 4.78 is 18.5. The maximum Gasteiger partial charge on any atom is 0.341 e. The molecule has 0 radical (unpaired) electrons. The molecule has 0 amide bonds. The molecule has 7 heteroatoms. The van der Waals surface area contributed by atoms with Crippen LogP contribution < -0.4 is 11.1 Å². The molecule has 3 N–H and O–H groups in total. The second kappa shape index (κ2) is 6.37. The van der Waals surface area contributed by atoms with Crippen molar-refractivity contribution in [1.82, 2.24) is 4.98 Å². The van der Waals surface area contributed by atoms with Crippen molar-refractivity contribution < 1.29 is 13.9 Å². The highest BCUT2D eigenvalue weighted by atomic mass is 35.5. The van der Waals surface area contributed by atoms with E-state index in [1.165, 1.54) is 7.11 Å². The average molecular weight is 302 g/mol. The molecule has 1 saturated carbocycles. The van der Waals surface area contributed by atoms with E-state index in [0.29, 0.717) is 0 Å². The minimum Gasteiger partial charge on any atom is -0.465 e. The summed E-state index contributed by atoms with van der Waals surface area (Å²) in [6.07, 6.45) is 3.88. The van der Waals surface area contributed by atoms with Crippen LogP contribution in [0.4, 0.5) is 10.2 Å². The van der Waals surface area contributed by atoms with Gasteiger partial charge in [0, 0.05) is 12.1 Å². The molecule has 1 aliphatic carbocycles. The first-order valence-electron chi connectivity index (χ1n) is 6.49. The van der Waals surface area contributed by atoms with Crippen LogP contribution in [0.25, 0.3) is 0 Å². The molecule has 20 heavy (non-hydrogen) atoms. The van der Waals surface area contributed by atoms with E-state index in [9.17, 15) is 9.18 Å². The molecule has 0 spiro atoms. The van der Waals surface area contributed by atoms with Crippen LogP contribution in [0, 0.1) is 5.82 Å². The van der Waals surface area contributed by atoms with Gasteiger partial charge in [0.1, 0.15) is 10.7 Å². The van der Waals surface area contributed by atoms with Crippen LogP contribution in [-0.4, -0.2) is 30.1 Å². The Morgan fingerprint density at radius 2 is 2.25 bits per heavy atom. The predicted molar refractivity (Wildman–Crippen MR) is 74.4 cm³/mol. The largest absolute Gasteiger partial charge is 0.465 e. The van der Waals surface area contributed by atoms with E-state index < -0.39 is 11.8 Å². The van der Waals surface area contributed by atoms with Crippen LogP contribution in [-0.2, 0) is 4.74 Å². The van der Waals surface area contributed by atoms with Crippen molar-refractivity contribution in [2.45, 2.75) is 37.8 Å². The van der Waals surface area contributed by atoms with Crippen molar-refractivity contribution in [1.29, 1.82) is 0 Å². The molecule has 1 fully saturated rings. The van der Waals surface area contributed by atoms with Crippen LogP contribution in [0.3, 0.4) is 0 Å². The van der Waals surface area contributed by atoms with Gasteiger partial charge in [-0.3, -0.25) is 0 Å². The number of rotatable bonds is 3. The van der Waals surface area contributed by atoms with Crippen LogP contribution in [0.5, 0.6) is 0 Å². The van der Waals surface area contributed by atoms with E-state index in [1.807, 2.05) is 0 Å². The third-order valence-corrected chi connectivity index (χ3v) is 3.76. The fourth-order valence-corrected chi connectivity index (χ4v) is 2.55. The lowest BCUT2D eigenvalue weighted by molar-refractivity contribution is 0.0600. The normalized spacial score (nSPS) is 22.4. The van der Waals surface area contributed by atoms with Gasteiger partial charge in [0.2, 0.25) is 0 Å². The molecular formula is C13H17ClFN3O2. The molecule has 1 aromatic rings. The molecule has 2 atom stereocenters. The zero-order chi connectivity index (χ0) is 14.7. The Kier molecular flexibility index (Phi) is 4.77. The highest BCUT2D eigenvalue weighted by molar-refractivity contribution is 6.32. The van der Waals surface area contributed by atoms with E-state index in [1.54, 1.807) is 0 Å². The zero-order valence-corrected chi connectivity index (χ0v) is 11.9. The van der Waals surface area contributed by atoms with Crippen LogP contribution in [0.15, 0.2) is 6.07 Å². The topological polar surface area (TPSA) is 77.2 Å². The minimum absolute atomic E-state index is 0.0185. The van der Waals surface area contributed by atoms with E-state index in [4.69, 9.17) is 17.3 Å². The Morgan fingerprint density at radius 3 is 2.90 bits per heavy atom. The maximum absolute atomic E-state index is 14.0. The van der Waals surface area contributed by atoms with E-state index >= 15 is 0 Å². The number of nitrogens with zero attached hydrogens (tertiary/aromatic N) is 1. The molecule has 0 aliphatic heterocycles. The first kappa shape index (κ1) is 15.0. The molecule has 0 bridgehead atoms. The highest BCUT2D eigenvalue weighted by Gasteiger charge is 2.24. The predicted octanol–water partition coefficient (Wildman–Crippen LogP) is 2.34. The number of pyridine rings is 1. The summed E-state index contributed by atoms with van der Waals surface area (Å²) in [5, 5.41) is 2.88. The van der Waals surface area contributed by atoms with Crippen molar-refractivity contribution in [3.05, 3.63) is 22.6 Å². The van der Waals surface area contributed by atoms with Crippen molar-refractivity contribution in [3.63, 3.8) is 0 Å². The number of nitrogens with two attached hydrogens (primary N) is 1. The van der Waals surface area contributed by atoms with E-state index in [2.05, 4.69) is 15.0 Å². The fourth-order valence-electron chi connectivity index (χ4n) is 2.34. The van der Waals surface area contributed by atoms with Crippen molar-refractivity contribution in [3.8, 4) is 0 Å². The van der Waals surface area contributed by atoms with Crippen LogP contribution >= 0.6 is 11.6 Å². The summed E-state index contributed by atoms with van der Waals surface area (Å²) in [6.45, 7) is 0. The molecule has 1 aliphatic rings. The lowest BCUT2D eigenvalue weighted by Gasteiger charge is -2.29. The molecule has 0 aromatic carbocycles. The molecule has 5 nitrogen and oxygen atoms in total. The SMILES string of the molecule is COC(=O)c1cc(F)c(N[C@@H]2CCCC[C@@H]2N)nc1Cl. The smallest absolute Gasteiger partial charge is 0.341 e. The van der Waals surface area contributed by atoms with Gasteiger partial charge in [0.15, 0.2) is 11.6 Å². The van der Waals surface area contributed by atoms with Crippen molar-refractivity contribution in [2.24, 2.45) is 5.73 Å². The van der Waals surface area contributed by atoms with Gasteiger partial charge in [0.25, 0.3) is 0 Å². The van der Waals surface area contributed by atoms with Gasteiger partial charge in [0.05, 0.1) is 7.11 Å². The second-order valence-corrected chi connectivity index (χ2v) is 5.21. The first-order valence-corrected chi connectivity index (χ1v) is 6.87. The molecule has 2 rings (SSSR count). The molecule has 0 unspecified atom stereocenters. The molecule has 1 aromatic heterocycles. The monoisotopic (exact) mass is 301 g/mol. The molecule has 1 heterocycles. The summed E-state index contributed by atoms with van der Waals surface area (Å²) in [6, 6.07) is 0.951. The van der Waals surface area contributed by atoms with Crippen molar-refractivity contribution >= 4 is 23.4 Å². The quantitative estimate of drug-likeness (QED) is 0.662. The number of carbonyl (C=O) groups excluding carboxylic acids is 1. The Morgan fingerprint density at radius 1 is 1.55 bits per heavy atom. The van der Waals surface area contributed by atoms with Gasteiger partial charge >= 0.3 is 5.97 Å². The van der Waals surface area contributed by atoms with Gasteiger partial charge in [-0.2, -0.15) is 0 Å². The number of halogens is 2. The van der Waals surface area contributed by atoms with Gasteiger partial charge in [-0.25, -0.2) is 14.2 Å². The van der Waals surface area contributed by atoms with Crippen LogP contribution in [0.1, 0.15) is 36.0 Å². The molecular weight excluding hydrogens is 285 g/mol. The van der Waals surface area contributed by atoms with E-state index in [0.717, 1.165) is 31.7 Å². The third-order valence-electron chi connectivity index (χ3n) is 3.48. The zero-order valence-electron chi connectivity index (χ0n) is 11.2. The Labute approximate surface area is 121 Å². The number of anilines is 1. The number of carbonyl (C=O) groups is 1. The number of aromatic nitrogens is 1. The lowest BCUT2D eigenvalue weighted by atomic mass is 9.91. The van der Waals surface area contributed by atoms with Crippen molar-refractivity contribution in [2.75, 3.05) is 12.4 Å². The number of hydrogen-bond donors (Lipinski definition) is 2. The molecule has 110 valence electrons. The number of nitrogens with one attached hydrogen (secondary N) is 1. The number of methoxy groups -OCH3 is 1. The second-order valence-electron chi connectivity index (χ2n) is 4.85. The highest BCUT2D eigenvalue weighted by Crippen LogP contribution is 2.25. The maximum atomic E-state index is 14.0. The minimum atomic E-state index is -0.720. The van der Waals surface area contributed by atoms with Gasteiger partial charge in [-0.1, -0.05) is 24.4 Å². The summed E-state index contributed by atoms with van der Waals surface area (Å²) in [5.74, 6) is -1.35. The summed E-state index contributed by atoms with van der Waals surface area (Å²) >= 11 is 5.88. The summed E-state index contributed by atoms with van der Waals surface area (Å²) in [7, 11) is 1.20. The Balaban J connectivity index is 2.20. The number of ether oxygens (including phenoxy) is 1. The Hall–Kier alpha value is -1.40. The summed E-state index contributed by atoms with van der Waals surface area (Å²) in [4.78, 5) is 15.3. The third kappa shape index (κ3) is 3.19. The first-order chi connectivity index (χ1) is 9.52. The number of esters is 1.